The molecule has 3 aromatic rings. The van der Waals surface area contributed by atoms with Gasteiger partial charge in [0.25, 0.3) is 0 Å². The Balaban J connectivity index is 1.77. The number of amides is 1. The molecule has 1 aliphatic rings. The summed E-state index contributed by atoms with van der Waals surface area (Å²) in [5.41, 5.74) is 2.36. The monoisotopic (exact) mass is 451 g/mol. The predicted molar refractivity (Wildman–Crippen MR) is 105 cm³/mol. The molecule has 0 N–H and O–H groups in total. The van der Waals surface area contributed by atoms with Gasteiger partial charge in [0.05, 0.1) is 12.2 Å². The van der Waals surface area contributed by atoms with E-state index in [1.807, 2.05) is 0 Å². The van der Waals surface area contributed by atoms with Crippen molar-refractivity contribution < 1.29 is 31.5 Å². The lowest BCUT2D eigenvalue weighted by atomic mass is 10.0. The molecule has 0 bridgehead atoms. The Morgan fingerprint density at radius 3 is 2.62 bits per heavy atom. The summed E-state index contributed by atoms with van der Waals surface area (Å²) in [4.78, 5) is 13.5. The van der Waals surface area contributed by atoms with Gasteiger partial charge >= 0.3 is 6.36 Å². The van der Waals surface area contributed by atoms with Crippen molar-refractivity contribution in [3.8, 4) is 17.0 Å². The SMILES string of the molecule is CC(=O)N1CCc2c(c(-c3cccc(OC(F)(F)F)c3)nn2Cc2ccc(F)cc2F)C1. The Labute approximate surface area is 180 Å². The zero-order chi connectivity index (χ0) is 23.0. The van der Waals surface area contributed by atoms with Crippen molar-refractivity contribution >= 4 is 5.91 Å². The second-order valence-electron chi connectivity index (χ2n) is 7.43. The van der Waals surface area contributed by atoms with Crippen molar-refractivity contribution in [1.29, 1.82) is 0 Å². The summed E-state index contributed by atoms with van der Waals surface area (Å²) in [7, 11) is 0. The number of hydrogen-bond donors (Lipinski definition) is 0. The van der Waals surface area contributed by atoms with Gasteiger partial charge in [0, 0.05) is 54.9 Å². The van der Waals surface area contributed by atoms with Crippen LogP contribution in [0.3, 0.4) is 0 Å². The number of carbonyl (C=O) groups is 1. The number of nitrogens with zero attached hydrogens (tertiary/aromatic N) is 3. The van der Waals surface area contributed by atoms with E-state index in [-0.39, 0.29) is 24.6 Å². The van der Waals surface area contributed by atoms with Gasteiger partial charge in [0.2, 0.25) is 5.91 Å². The number of ether oxygens (including phenoxy) is 1. The summed E-state index contributed by atoms with van der Waals surface area (Å²) in [6, 6.07) is 8.63. The second-order valence-corrected chi connectivity index (χ2v) is 7.43. The summed E-state index contributed by atoms with van der Waals surface area (Å²) in [5, 5.41) is 4.53. The third kappa shape index (κ3) is 4.58. The van der Waals surface area contributed by atoms with Crippen LogP contribution in [0.1, 0.15) is 23.7 Å². The largest absolute Gasteiger partial charge is 0.573 e. The molecule has 2 aromatic carbocycles. The summed E-state index contributed by atoms with van der Waals surface area (Å²) < 4.78 is 71.0. The first kappa shape index (κ1) is 21.8. The summed E-state index contributed by atoms with van der Waals surface area (Å²) in [5.74, 6) is -1.97. The maximum atomic E-state index is 14.2. The van der Waals surface area contributed by atoms with Crippen molar-refractivity contribution in [1.82, 2.24) is 14.7 Å². The standard InChI is InChI=1S/C22H18F5N3O2/c1-13(31)29-8-7-20-18(12-29)21(14-3-2-4-17(9-14)32-22(25,26)27)28-30(20)11-15-5-6-16(23)10-19(15)24/h2-6,9-10H,7-8,11-12H2,1H3. The Bertz CT molecular complexity index is 1170. The Hall–Kier alpha value is -3.43. The minimum Gasteiger partial charge on any atom is -0.406 e. The third-order valence-electron chi connectivity index (χ3n) is 5.26. The number of fused-ring (bicyclic) bond motifs is 1. The molecule has 0 fully saturated rings. The molecule has 32 heavy (non-hydrogen) atoms. The minimum absolute atomic E-state index is 0.00720. The van der Waals surface area contributed by atoms with E-state index < -0.39 is 23.7 Å². The van der Waals surface area contributed by atoms with Gasteiger partial charge in [-0.05, 0) is 18.2 Å². The number of benzene rings is 2. The van der Waals surface area contributed by atoms with Crippen LogP contribution in [0.15, 0.2) is 42.5 Å². The van der Waals surface area contributed by atoms with Crippen LogP contribution in [0.4, 0.5) is 22.0 Å². The van der Waals surface area contributed by atoms with Gasteiger partial charge in [0.1, 0.15) is 17.4 Å². The fourth-order valence-corrected chi connectivity index (χ4v) is 3.77. The first-order valence-electron chi connectivity index (χ1n) is 9.75. The number of halogens is 5. The van der Waals surface area contributed by atoms with Crippen molar-refractivity contribution in [2.24, 2.45) is 0 Å². The molecule has 0 aliphatic carbocycles. The van der Waals surface area contributed by atoms with Crippen molar-refractivity contribution in [3.05, 3.63) is 70.9 Å². The van der Waals surface area contributed by atoms with Crippen molar-refractivity contribution in [2.45, 2.75) is 32.8 Å². The molecule has 0 saturated carbocycles. The van der Waals surface area contributed by atoms with Gasteiger partial charge in [-0.15, -0.1) is 13.2 Å². The molecule has 4 rings (SSSR count). The highest BCUT2D eigenvalue weighted by molar-refractivity contribution is 5.75. The summed E-state index contributed by atoms with van der Waals surface area (Å²) in [6.07, 6.45) is -4.41. The van der Waals surface area contributed by atoms with E-state index in [1.54, 1.807) is 15.6 Å². The molecule has 5 nitrogen and oxygen atoms in total. The Kier molecular flexibility index (Phi) is 5.62. The normalized spacial score (nSPS) is 13.8. The van der Waals surface area contributed by atoms with E-state index >= 15 is 0 Å². The van der Waals surface area contributed by atoms with Crippen LogP contribution in [-0.4, -0.2) is 33.5 Å². The molecule has 168 valence electrons. The highest BCUT2D eigenvalue weighted by Gasteiger charge is 2.32. The fourth-order valence-electron chi connectivity index (χ4n) is 3.77. The summed E-state index contributed by atoms with van der Waals surface area (Å²) >= 11 is 0. The zero-order valence-corrected chi connectivity index (χ0v) is 16.9. The predicted octanol–water partition coefficient (Wildman–Crippen LogP) is 4.68. The molecular weight excluding hydrogens is 433 g/mol. The van der Waals surface area contributed by atoms with Gasteiger partial charge in [-0.1, -0.05) is 18.2 Å². The molecule has 10 heteroatoms. The molecule has 0 saturated heterocycles. The van der Waals surface area contributed by atoms with Gasteiger partial charge in [0.15, 0.2) is 0 Å². The fraction of sp³-hybridized carbons (Fsp3) is 0.273. The van der Waals surface area contributed by atoms with Gasteiger partial charge in [-0.3, -0.25) is 9.48 Å². The van der Waals surface area contributed by atoms with Crippen molar-refractivity contribution in [3.63, 3.8) is 0 Å². The molecule has 0 radical (unpaired) electrons. The number of alkyl halides is 3. The van der Waals surface area contributed by atoms with Crippen LogP contribution in [-0.2, 0) is 24.3 Å². The van der Waals surface area contributed by atoms with Gasteiger partial charge in [-0.2, -0.15) is 5.10 Å². The quantitative estimate of drug-likeness (QED) is 0.542. The maximum Gasteiger partial charge on any atom is 0.573 e. The van der Waals surface area contributed by atoms with Crippen LogP contribution in [0, 0.1) is 11.6 Å². The first-order valence-corrected chi connectivity index (χ1v) is 9.75. The molecule has 2 heterocycles. The average Bonchev–Trinajstić information content (AvgIpc) is 3.07. The van der Waals surface area contributed by atoms with Gasteiger partial charge < -0.3 is 9.64 Å². The molecule has 0 spiro atoms. The van der Waals surface area contributed by atoms with E-state index in [1.165, 1.54) is 31.2 Å². The van der Waals surface area contributed by atoms with Crippen LogP contribution in [0.5, 0.6) is 5.75 Å². The molecule has 0 unspecified atom stereocenters. The second kappa shape index (κ2) is 8.25. The molecule has 1 amide bonds. The Morgan fingerprint density at radius 1 is 1.16 bits per heavy atom. The molecular formula is C22H18F5N3O2. The van der Waals surface area contributed by atoms with E-state index in [9.17, 15) is 26.7 Å². The lowest BCUT2D eigenvalue weighted by Crippen LogP contribution is -2.34. The number of carbonyl (C=O) groups excluding carboxylic acids is 1. The van der Waals surface area contributed by atoms with E-state index in [4.69, 9.17) is 0 Å². The number of aromatic nitrogens is 2. The lowest BCUT2D eigenvalue weighted by Gasteiger charge is -2.27. The van der Waals surface area contributed by atoms with Crippen LogP contribution in [0.25, 0.3) is 11.3 Å². The third-order valence-corrected chi connectivity index (χ3v) is 5.26. The highest BCUT2D eigenvalue weighted by Crippen LogP contribution is 2.33. The van der Waals surface area contributed by atoms with Gasteiger partial charge in [-0.25, -0.2) is 8.78 Å². The van der Waals surface area contributed by atoms with Crippen molar-refractivity contribution in [2.75, 3.05) is 6.54 Å². The number of hydrogen-bond acceptors (Lipinski definition) is 3. The Morgan fingerprint density at radius 2 is 1.94 bits per heavy atom. The summed E-state index contributed by atoms with van der Waals surface area (Å²) in [6.45, 7) is 2.08. The first-order chi connectivity index (χ1) is 15.1. The highest BCUT2D eigenvalue weighted by atomic mass is 19.4. The van der Waals surface area contributed by atoms with Crippen LogP contribution in [0.2, 0.25) is 0 Å². The molecule has 1 aromatic heterocycles. The smallest absolute Gasteiger partial charge is 0.406 e. The lowest BCUT2D eigenvalue weighted by molar-refractivity contribution is -0.274. The number of rotatable bonds is 4. The van der Waals surface area contributed by atoms with Crippen LogP contribution < -0.4 is 4.74 Å². The minimum atomic E-state index is -4.84. The topological polar surface area (TPSA) is 47.4 Å². The van der Waals surface area contributed by atoms with E-state index in [0.717, 1.165) is 17.8 Å². The maximum absolute atomic E-state index is 14.2. The average molecular weight is 451 g/mol. The van der Waals surface area contributed by atoms with E-state index in [0.29, 0.717) is 29.8 Å². The van der Waals surface area contributed by atoms with Crippen LogP contribution >= 0.6 is 0 Å². The molecule has 0 atom stereocenters. The van der Waals surface area contributed by atoms with E-state index in [2.05, 4.69) is 9.84 Å². The zero-order valence-electron chi connectivity index (χ0n) is 16.9. The molecule has 1 aliphatic heterocycles.